The van der Waals surface area contributed by atoms with Gasteiger partial charge in [-0.1, -0.05) is 6.07 Å². The number of barbiturate groups is 1. The molecule has 2 aliphatic heterocycles. The second-order valence-corrected chi connectivity index (χ2v) is 6.19. The zero-order valence-corrected chi connectivity index (χ0v) is 14.2. The SMILES string of the molecule is CN1C(=O)NC(=O)C2(Oc3[nH]c(=O)n(C)c(=O)c3C2c2ccccn2)C1=O. The molecule has 1 fully saturated rings. The minimum absolute atomic E-state index is 0.0953. The lowest BCUT2D eigenvalue weighted by Gasteiger charge is -2.37. The number of hydrogen-bond donors (Lipinski definition) is 2. The zero-order valence-electron chi connectivity index (χ0n) is 14.2. The van der Waals surface area contributed by atoms with Crippen LogP contribution in [0.15, 0.2) is 34.0 Å². The average Bonchev–Trinajstić information content (AvgIpc) is 3.00. The van der Waals surface area contributed by atoms with Crippen molar-refractivity contribution in [3.8, 4) is 5.88 Å². The molecule has 2 aliphatic rings. The van der Waals surface area contributed by atoms with Crippen molar-refractivity contribution in [2.75, 3.05) is 7.05 Å². The van der Waals surface area contributed by atoms with Gasteiger partial charge in [0, 0.05) is 20.3 Å². The Morgan fingerprint density at radius 1 is 1.15 bits per heavy atom. The minimum Gasteiger partial charge on any atom is -0.451 e. The van der Waals surface area contributed by atoms with Crippen molar-refractivity contribution in [2.45, 2.75) is 11.5 Å². The Bertz CT molecular complexity index is 1120. The average molecular weight is 371 g/mol. The largest absolute Gasteiger partial charge is 0.451 e. The normalized spacial score (nSPS) is 24.0. The highest BCUT2D eigenvalue weighted by Crippen LogP contribution is 2.46. The van der Waals surface area contributed by atoms with Crippen LogP contribution in [0.4, 0.5) is 4.79 Å². The molecule has 2 unspecified atom stereocenters. The molecule has 0 aliphatic carbocycles. The number of aromatic nitrogens is 3. The summed E-state index contributed by atoms with van der Waals surface area (Å²) in [4.78, 5) is 69.5. The highest BCUT2D eigenvalue weighted by Gasteiger charge is 2.66. The van der Waals surface area contributed by atoms with E-state index < -0.39 is 40.6 Å². The molecule has 138 valence electrons. The Labute approximate surface area is 150 Å². The molecule has 4 rings (SSSR count). The standard InChI is InChI=1S/C16H13N5O6/c1-20-11(22)8-9(7-5-3-4-6-17-7)16(27-10(8)18-14(20)25)12(23)19-15(26)21(2)13(16)24/h3-6,9H,1-2H3,(H,18,25)(H,19,23,26). The van der Waals surface area contributed by atoms with E-state index >= 15 is 0 Å². The molecule has 11 heteroatoms. The predicted octanol–water partition coefficient (Wildman–Crippen LogP) is -1.56. The number of likely N-dealkylation sites (N-methyl/N-ethyl adjacent to an activating group) is 1. The highest BCUT2D eigenvalue weighted by molar-refractivity contribution is 6.23. The topological polar surface area (TPSA) is 143 Å². The number of imide groups is 2. The fourth-order valence-corrected chi connectivity index (χ4v) is 3.34. The summed E-state index contributed by atoms with van der Waals surface area (Å²) in [5, 5.41) is 2.05. The van der Waals surface area contributed by atoms with E-state index in [2.05, 4.69) is 9.97 Å². The Morgan fingerprint density at radius 2 is 1.89 bits per heavy atom. The lowest BCUT2D eigenvalue weighted by atomic mass is 9.79. The lowest BCUT2D eigenvalue weighted by Crippen LogP contribution is -2.70. The van der Waals surface area contributed by atoms with Crippen molar-refractivity contribution in [1.82, 2.24) is 24.8 Å². The van der Waals surface area contributed by atoms with Crippen LogP contribution >= 0.6 is 0 Å². The molecule has 2 aromatic rings. The minimum atomic E-state index is -2.28. The summed E-state index contributed by atoms with van der Waals surface area (Å²) >= 11 is 0. The summed E-state index contributed by atoms with van der Waals surface area (Å²) in [6, 6.07) is 3.84. The maximum atomic E-state index is 13.0. The van der Waals surface area contributed by atoms with Crippen molar-refractivity contribution in [3.05, 3.63) is 56.5 Å². The summed E-state index contributed by atoms with van der Waals surface area (Å²) in [6.07, 6.45) is 1.43. The van der Waals surface area contributed by atoms with Gasteiger partial charge in [-0.15, -0.1) is 0 Å². The fraction of sp³-hybridized carbons (Fsp3) is 0.250. The summed E-state index contributed by atoms with van der Waals surface area (Å²) in [5.41, 5.74) is -3.69. The van der Waals surface area contributed by atoms with E-state index in [1.807, 2.05) is 5.32 Å². The number of urea groups is 1. The molecule has 11 nitrogen and oxygen atoms in total. The second-order valence-electron chi connectivity index (χ2n) is 6.19. The smallest absolute Gasteiger partial charge is 0.330 e. The summed E-state index contributed by atoms with van der Waals surface area (Å²) in [5.74, 6) is -3.56. The molecule has 0 bridgehead atoms. The highest BCUT2D eigenvalue weighted by atomic mass is 16.5. The third-order valence-electron chi connectivity index (χ3n) is 4.73. The van der Waals surface area contributed by atoms with E-state index in [0.29, 0.717) is 4.90 Å². The maximum absolute atomic E-state index is 13.0. The Morgan fingerprint density at radius 3 is 2.56 bits per heavy atom. The van der Waals surface area contributed by atoms with Gasteiger partial charge in [0.25, 0.3) is 23.0 Å². The van der Waals surface area contributed by atoms with E-state index in [9.17, 15) is 24.0 Å². The lowest BCUT2D eigenvalue weighted by molar-refractivity contribution is -0.157. The van der Waals surface area contributed by atoms with Crippen LogP contribution in [0.5, 0.6) is 5.88 Å². The molecule has 4 amide bonds. The number of H-pyrrole nitrogens is 1. The first kappa shape index (κ1) is 16.7. The number of fused-ring (bicyclic) bond motifs is 1. The van der Waals surface area contributed by atoms with Crippen LogP contribution in [-0.4, -0.2) is 49.9 Å². The molecule has 0 radical (unpaired) electrons. The Balaban J connectivity index is 2.07. The van der Waals surface area contributed by atoms with E-state index in [4.69, 9.17) is 4.74 Å². The van der Waals surface area contributed by atoms with Crippen LogP contribution in [-0.2, 0) is 16.6 Å². The molecule has 2 N–H and O–H groups in total. The first-order valence-electron chi connectivity index (χ1n) is 7.85. The van der Waals surface area contributed by atoms with E-state index in [-0.39, 0.29) is 17.1 Å². The van der Waals surface area contributed by atoms with Crippen LogP contribution in [0.3, 0.4) is 0 Å². The Kier molecular flexibility index (Phi) is 3.32. The van der Waals surface area contributed by atoms with Crippen molar-refractivity contribution in [1.29, 1.82) is 0 Å². The van der Waals surface area contributed by atoms with Gasteiger partial charge in [0.15, 0.2) is 0 Å². The van der Waals surface area contributed by atoms with Gasteiger partial charge >= 0.3 is 11.7 Å². The maximum Gasteiger partial charge on any atom is 0.330 e. The van der Waals surface area contributed by atoms with Gasteiger partial charge in [-0.05, 0) is 12.1 Å². The number of hydrogen-bond acceptors (Lipinski definition) is 7. The van der Waals surface area contributed by atoms with E-state index in [1.165, 1.54) is 26.4 Å². The van der Waals surface area contributed by atoms with E-state index in [0.717, 1.165) is 4.57 Å². The van der Waals surface area contributed by atoms with Crippen LogP contribution in [0.25, 0.3) is 0 Å². The third kappa shape index (κ3) is 2.02. The number of amides is 4. The number of rotatable bonds is 1. The van der Waals surface area contributed by atoms with Gasteiger partial charge in [0.05, 0.1) is 17.2 Å². The molecule has 2 aromatic heterocycles. The molecule has 1 spiro atoms. The van der Waals surface area contributed by atoms with Crippen molar-refractivity contribution >= 4 is 17.8 Å². The van der Waals surface area contributed by atoms with Crippen LogP contribution in [0, 0.1) is 0 Å². The van der Waals surface area contributed by atoms with Crippen LogP contribution < -0.4 is 21.3 Å². The van der Waals surface area contributed by atoms with Gasteiger partial charge in [-0.2, -0.15) is 0 Å². The number of pyridine rings is 1. The van der Waals surface area contributed by atoms with Gasteiger partial charge in [-0.3, -0.25) is 39.1 Å². The van der Waals surface area contributed by atoms with Crippen LogP contribution in [0.2, 0.25) is 0 Å². The van der Waals surface area contributed by atoms with Crippen LogP contribution in [0.1, 0.15) is 17.2 Å². The molecular weight excluding hydrogens is 358 g/mol. The number of ether oxygens (including phenoxy) is 1. The molecule has 0 saturated carbocycles. The first-order chi connectivity index (χ1) is 12.8. The van der Waals surface area contributed by atoms with Gasteiger partial charge < -0.3 is 4.74 Å². The summed E-state index contributed by atoms with van der Waals surface area (Å²) < 4.78 is 6.40. The third-order valence-corrected chi connectivity index (χ3v) is 4.73. The fourth-order valence-electron chi connectivity index (χ4n) is 3.34. The van der Waals surface area contributed by atoms with Gasteiger partial charge in [-0.25, -0.2) is 9.59 Å². The molecular formula is C16H13N5O6. The molecule has 0 aromatic carbocycles. The number of carbonyl (C=O) groups excluding carboxylic acids is 3. The van der Waals surface area contributed by atoms with E-state index in [1.54, 1.807) is 12.1 Å². The number of carbonyl (C=O) groups is 3. The molecule has 4 heterocycles. The zero-order chi connectivity index (χ0) is 19.5. The number of aromatic amines is 1. The Hall–Kier alpha value is -3.76. The van der Waals surface area contributed by atoms with Crippen molar-refractivity contribution in [2.24, 2.45) is 7.05 Å². The first-order valence-corrected chi connectivity index (χ1v) is 7.85. The van der Waals surface area contributed by atoms with Gasteiger partial charge in [0.2, 0.25) is 5.88 Å². The molecule has 1 saturated heterocycles. The quantitative estimate of drug-likeness (QED) is 0.577. The monoisotopic (exact) mass is 371 g/mol. The van der Waals surface area contributed by atoms with Crippen molar-refractivity contribution in [3.63, 3.8) is 0 Å². The summed E-state index contributed by atoms with van der Waals surface area (Å²) in [7, 11) is 2.43. The van der Waals surface area contributed by atoms with Gasteiger partial charge in [0.1, 0.15) is 0 Å². The molecule has 2 atom stereocenters. The second kappa shape index (κ2) is 5.37. The number of nitrogens with zero attached hydrogens (tertiary/aromatic N) is 3. The predicted molar refractivity (Wildman–Crippen MR) is 88.1 cm³/mol. The summed E-state index contributed by atoms with van der Waals surface area (Å²) in [6.45, 7) is 0. The molecule has 27 heavy (non-hydrogen) atoms. The number of nitrogens with one attached hydrogen (secondary N) is 2. The van der Waals surface area contributed by atoms with Crippen molar-refractivity contribution < 1.29 is 19.1 Å².